The Labute approximate surface area is 178 Å². The molecule has 0 radical (unpaired) electrons. The summed E-state index contributed by atoms with van der Waals surface area (Å²) in [6, 6.07) is 13.2. The van der Waals surface area contributed by atoms with Crippen LogP contribution in [0.2, 0.25) is 0 Å². The summed E-state index contributed by atoms with van der Waals surface area (Å²) in [5.41, 5.74) is 3.49. The highest BCUT2D eigenvalue weighted by atomic mass is 16.5. The summed E-state index contributed by atoms with van der Waals surface area (Å²) in [6.07, 6.45) is 7.56. The van der Waals surface area contributed by atoms with Gasteiger partial charge in [-0.2, -0.15) is 0 Å². The highest BCUT2D eigenvalue weighted by Crippen LogP contribution is 2.28. The molecule has 2 aromatic carbocycles. The smallest absolute Gasteiger partial charge is 0.254 e. The van der Waals surface area contributed by atoms with Crippen LogP contribution in [0.5, 0.6) is 5.75 Å². The number of nitrogens with one attached hydrogen (secondary N) is 1. The number of nitrogens with zero attached hydrogens (tertiary/aromatic N) is 1. The number of anilines is 1. The van der Waals surface area contributed by atoms with E-state index in [1.807, 2.05) is 47.4 Å². The highest BCUT2D eigenvalue weighted by Gasteiger charge is 2.27. The molecule has 1 N–H and O–H groups in total. The number of carbonyl (C=O) groups is 2. The van der Waals surface area contributed by atoms with Crippen molar-refractivity contribution in [1.82, 2.24) is 4.90 Å². The van der Waals surface area contributed by atoms with Gasteiger partial charge in [-0.3, -0.25) is 9.59 Å². The third kappa shape index (κ3) is 4.84. The molecule has 2 amide bonds. The average Bonchev–Trinajstić information content (AvgIpc) is 2.77. The van der Waals surface area contributed by atoms with Crippen molar-refractivity contribution < 1.29 is 14.3 Å². The first-order chi connectivity index (χ1) is 14.6. The Bertz CT molecular complexity index is 901. The number of rotatable bonds is 6. The van der Waals surface area contributed by atoms with Crippen LogP contribution in [0.1, 0.15) is 53.6 Å². The molecular formula is C25H30N2O3. The molecule has 1 heterocycles. The lowest BCUT2D eigenvalue weighted by Gasteiger charge is -2.33. The predicted molar refractivity (Wildman–Crippen MR) is 118 cm³/mol. The molecule has 0 aromatic heterocycles. The minimum absolute atomic E-state index is 0.0684. The van der Waals surface area contributed by atoms with Gasteiger partial charge in [0.25, 0.3) is 5.91 Å². The minimum Gasteiger partial charge on any atom is -0.497 e. The van der Waals surface area contributed by atoms with Gasteiger partial charge in [-0.25, -0.2) is 0 Å². The first kappa shape index (κ1) is 20.5. The van der Waals surface area contributed by atoms with Crippen LogP contribution in [0.25, 0.3) is 0 Å². The number of methoxy groups -OCH3 is 1. The van der Waals surface area contributed by atoms with Gasteiger partial charge in [0, 0.05) is 24.3 Å². The molecule has 1 aliphatic carbocycles. The van der Waals surface area contributed by atoms with E-state index in [1.54, 1.807) is 7.11 Å². The Balaban J connectivity index is 1.36. The zero-order valence-electron chi connectivity index (χ0n) is 17.7. The molecule has 0 unspecified atom stereocenters. The fraction of sp³-hybridized carbons (Fsp3) is 0.440. The lowest BCUT2D eigenvalue weighted by molar-refractivity contribution is -0.115. The fourth-order valence-corrected chi connectivity index (χ4v) is 4.60. The van der Waals surface area contributed by atoms with Crippen molar-refractivity contribution in [3.63, 3.8) is 0 Å². The molecular weight excluding hydrogens is 376 g/mol. The summed E-state index contributed by atoms with van der Waals surface area (Å²) in [7, 11) is 1.62. The Hall–Kier alpha value is -2.82. The van der Waals surface area contributed by atoms with E-state index in [4.69, 9.17) is 4.74 Å². The Kier molecular flexibility index (Phi) is 6.36. The van der Waals surface area contributed by atoms with Gasteiger partial charge in [-0.05, 0) is 66.6 Å². The maximum absolute atomic E-state index is 12.9. The summed E-state index contributed by atoms with van der Waals surface area (Å²) < 4.78 is 5.15. The molecule has 2 aliphatic rings. The number of hydrogen-bond donors (Lipinski definition) is 1. The number of fused-ring (bicyclic) bond motifs is 1. The summed E-state index contributed by atoms with van der Waals surface area (Å²) in [4.78, 5) is 27.4. The minimum atomic E-state index is -0.0684. The molecule has 30 heavy (non-hydrogen) atoms. The predicted octanol–water partition coefficient (Wildman–Crippen LogP) is 4.46. The fourth-order valence-electron chi connectivity index (χ4n) is 4.60. The van der Waals surface area contributed by atoms with Gasteiger partial charge in [0.15, 0.2) is 0 Å². The standard InChI is InChI=1S/C25H30N2O3/c1-30-22-10-7-18(8-11-22)15-24(28)26-21-9-12-23-20(16-21)13-14-27(25(23)29)17-19-5-3-2-4-6-19/h7-12,16,19H,2-6,13-15,17H2,1H3,(H,26,28). The van der Waals surface area contributed by atoms with Crippen molar-refractivity contribution in [3.8, 4) is 5.75 Å². The normalized spacial score (nSPS) is 16.8. The Morgan fingerprint density at radius 1 is 1.10 bits per heavy atom. The second-order valence-electron chi connectivity index (χ2n) is 8.45. The van der Waals surface area contributed by atoms with E-state index in [2.05, 4.69) is 5.32 Å². The second-order valence-corrected chi connectivity index (χ2v) is 8.45. The van der Waals surface area contributed by atoms with Gasteiger partial charge < -0.3 is 15.0 Å². The maximum Gasteiger partial charge on any atom is 0.254 e. The lowest BCUT2D eigenvalue weighted by atomic mass is 9.88. The highest BCUT2D eigenvalue weighted by molar-refractivity contribution is 5.98. The molecule has 0 bridgehead atoms. The van der Waals surface area contributed by atoms with Crippen LogP contribution in [0.4, 0.5) is 5.69 Å². The van der Waals surface area contributed by atoms with Crippen molar-refractivity contribution in [1.29, 1.82) is 0 Å². The van der Waals surface area contributed by atoms with E-state index in [-0.39, 0.29) is 11.8 Å². The van der Waals surface area contributed by atoms with Gasteiger partial charge in [0.05, 0.1) is 13.5 Å². The molecule has 1 aliphatic heterocycles. The molecule has 0 saturated heterocycles. The molecule has 0 atom stereocenters. The third-order valence-electron chi connectivity index (χ3n) is 6.28. The van der Waals surface area contributed by atoms with Gasteiger partial charge in [0.2, 0.25) is 5.91 Å². The van der Waals surface area contributed by atoms with E-state index in [0.29, 0.717) is 12.3 Å². The second kappa shape index (κ2) is 9.33. The number of benzene rings is 2. The maximum atomic E-state index is 12.9. The number of amides is 2. The molecule has 1 saturated carbocycles. The van der Waals surface area contributed by atoms with Gasteiger partial charge in [-0.1, -0.05) is 31.4 Å². The van der Waals surface area contributed by atoms with Crippen LogP contribution in [0.3, 0.4) is 0 Å². The van der Waals surface area contributed by atoms with Crippen LogP contribution < -0.4 is 10.1 Å². The van der Waals surface area contributed by atoms with Crippen molar-refractivity contribution in [2.75, 3.05) is 25.5 Å². The third-order valence-corrected chi connectivity index (χ3v) is 6.28. The van der Waals surface area contributed by atoms with Crippen molar-refractivity contribution >= 4 is 17.5 Å². The largest absolute Gasteiger partial charge is 0.497 e. The zero-order chi connectivity index (χ0) is 20.9. The number of carbonyl (C=O) groups excluding carboxylic acids is 2. The summed E-state index contributed by atoms with van der Waals surface area (Å²) in [5.74, 6) is 1.50. The van der Waals surface area contributed by atoms with Gasteiger partial charge in [0.1, 0.15) is 5.75 Å². The van der Waals surface area contributed by atoms with E-state index in [0.717, 1.165) is 47.6 Å². The van der Waals surface area contributed by atoms with E-state index in [1.165, 1.54) is 32.1 Å². The van der Waals surface area contributed by atoms with Crippen LogP contribution in [0, 0.1) is 5.92 Å². The Morgan fingerprint density at radius 2 is 1.87 bits per heavy atom. The van der Waals surface area contributed by atoms with Crippen molar-refractivity contribution in [3.05, 3.63) is 59.2 Å². The average molecular weight is 407 g/mol. The first-order valence-electron chi connectivity index (χ1n) is 11.0. The van der Waals surface area contributed by atoms with Gasteiger partial charge >= 0.3 is 0 Å². The van der Waals surface area contributed by atoms with E-state index in [9.17, 15) is 9.59 Å². The van der Waals surface area contributed by atoms with Crippen LogP contribution in [-0.2, 0) is 17.6 Å². The first-order valence-corrected chi connectivity index (χ1v) is 11.0. The van der Waals surface area contributed by atoms with Crippen molar-refractivity contribution in [2.24, 2.45) is 5.92 Å². The molecule has 1 fully saturated rings. The molecule has 158 valence electrons. The quantitative estimate of drug-likeness (QED) is 0.771. The van der Waals surface area contributed by atoms with Crippen LogP contribution in [-0.4, -0.2) is 36.9 Å². The molecule has 0 spiro atoms. The van der Waals surface area contributed by atoms with Crippen LogP contribution >= 0.6 is 0 Å². The molecule has 5 heteroatoms. The number of hydrogen-bond acceptors (Lipinski definition) is 3. The summed E-state index contributed by atoms with van der Waals surface area (Å²) >= 11 is 0. The number of ether oxygens (including phenoxy) is 1. The van der Waals surface area contributed by atoms with Gasteiger partial charge in [-0.15, -0.1) is 0 Å². The molecule has 2 aromatic rings. The van der Waals surface area contributed by atoms with Crippen molar-refractivity contribution in [2.45, 2.75) is 44.9 Å². The van der Waals surface area contributed by atoms with E-state index >= 15 is 0 Å². The topological polar surface area (TPSA) is 58.6 Å². The lowest BCUT2D eigenvalue weighted by Crippen LogP contribution is -2.41. The summed E-state index contributed by atoms with van der Waals surface area (Å²) in [5, 5.41) is 2.97. The van der Waals surface area contributed by atoms with E-state index < -0.39 is 0 Å². The Morgan fingerprint density at radius 3 is 2.60 bits per heavy atom. The molecule has 4 rings (SSSR count). The van der Waals surface area contributed by atoms with Crippen LogP contribution in [0.15, 0.2) is 42.5 Å². The monoisotopic (exact) mass is 406 g/mol. The summed E-state index contributed by atoms with van der Waals surface area (Å²) in [6.45, 7) is 1.66. The zero-order valence-corrected chi connectivity index (χ0v) is 17.7. The SMILES string of the molecule is COc1ccc(CC(=O)Nc2ccc3c(c2)CCN(CC2CCCCC2)C3=O)cc1. The molecule has 5 nitrogen and oxygen atoms in total.